The zero-order chi connectivity index (χ0) is 30.7. The Bertz CT molecular complexity index is 1650. The predicted octanol–water partition coefficient (Wildman–Crippen LogP) is 5.69. The quantitative estimate of drug-likeness (QED) is 0.182. The van der Waals surface area contributed by atoms with Gasteiger partial charge < -0.3 is 31.8 Å². The zero-order valence-electron chi connectivity index (χ0n) is 24.8. The molecular weight excluding hydrogens is 584 g/mol. The number of carbonyl (C=O) groups excluding carboxylic acids is 3. The molecule has 0 aliphatic heterocycles. The number of para-hydroxylation sites is 2. The standard InChI is InChI=1S/C18H22N4O3.C13H14N4O.ClH/c1-18(2,3)25-17(24)22-14(10-20-16(22)19)12-6-4-5-7-13(12)21-15(23)11-8-9-11;14-13-15-7-11(17-13)9-3-1-2-4-10(9)16-12(18)8-5-6-8;/h4-7,10-11H,8-9H2,1-3H3,(H2,19,20)(H,21,23);1-4,7-8H,5-6H2,(H,16,18)(H3,14,15,17);1H. The van der Waals surface area contributed by atoms with Crippen LogP contribution < -0.4 is 22.1 Å². The van der Waals surface area contributed by atoms with E-state index in [2.05, 4.69) is 25.6 Å². The van der Waals surface area contributed by atoms with Gasteiger partial charge >= 0.3 is 6.09 Å². The lowest BCUT2D eigenvalue weighted by Gasteiger charge is -2.21. The van der Waals surface area contributed by atoms with Crippen molar-refractivity contribution in [3.8, 4) is 22.5 Å². The molecule has 13 heteroatoms. The minimum absolute atomic E-state index is 0. The first kappa shape index (κ1) is 32.1. The molecule has 2 heterocycles. The second-order valence-electron chi connectivity index (χ2n) is 11.6. The summed E-state index contributed by atoms with van der Waals surface area (Å²) in [5, 5.41) is 5.87. The smallest absolute Gasteiger partial charge is 0.421 e. The van der Waals surface area contributed by atoms with E-state index in [0.29, 0.717) is 22.9 Å². The van der Waals surface area contributed by atoms with Crippen molar-refractivity contribution in [1.82, 2.24) is 19.5 Å². The summed E-state index contributed by atoms with van der Waals surface area (Å²) in [7, 11) is 0. The van der Waals surface area contributed by atoms with Crippen molar-refractivity contribution in [2.75, 3.05) is 22.1 Å². The maximum atomic E-state index is 12.5. The molecule has 2 aromatic carbocycles. The molecule has 44 heavy (non-hydrogen) atoms. The Morgan fingerprint density at radius 3 is 1.86 bits per heavy atom. The highest BCUT2D eigenvalue weighted by molar-refractivity contribution is 5.99. The molecule has 0 radical (unpaired) electrons. The summed E-state index contributed by atoms with van der Waals surface area (Å²) in [5.74, 6) is 0.748. The van der Waals surface area contributed by atoms with E-state index in [1.807, 2.05) is 36.4 Å². The van der Waals surface area contributed by atoms with Crippen molar-refractivity contribution in [2.45, 2.75) is 52.1 Å². The van der Waals surface area contributed by atoms with Gasteiger partial charge in [-0.15, -0.1) is 12.4 Å². The van der Waals surface area contributed by atoms with E-state index in [4.69, 9.17) is 16.2 Å². The molecule has 0 spiro atoms. The van der Waals surface area contributed by atoms with E-state index in [1.54, 1.807) is 39.1 Å². The monoisotopic (exact) mass is 620 g/mol. The van der Waals surface area contributed by atoms with Gasteiger partial charge in [0, 0.05) is 23.0 Å². The maximum absolute atomic E-state index is 12.5. The number of hydrogen-bond donors (Lipinski definition) is 5. The van der Waals surface area contributed by atoms with Gasteiger partial charge in [0.05, 0.1) is 35.2 Å². The third-order valence-electron chi connectivity index (χ3n) is 6.79. The van der Waals surface area contributed by atoms with Gasteiger partial charge in [-0.25, -0.2) is 19.3 Å². The fourth-order valence-corrected chi connectivity index (χ4v) is 4.33. The second kappa shape index (κ2) is 13.2. The molecule has 2 amide bonds. The summed E-state index contributed by atoms with van der Waals surface area (Å²) in [6.07, 6.45) is 6.36. The number of aromatic amines is 1. The Hall–Kier alpha value is -4.84. The second-order valence-corrected chi connectivity index (χ2v) is 11.6. The number of carbonyl (C=O) groups is 3. The van der Waals surface area contributed by atoms with Gasteiger partial charge in [-0.2, -0.15) is 0 Å². The lowest BCUT2D eigenvalue weighted by Crippen LogP contribution is -2.28. The van der Waals surface area contributed by atoms with Gasteiger partial charge in [0.25, 0.3) is 0 Å². The molecule has 0 atom stereocenters. The van der Waals surface area contributed by atoms with Gasteiger partial charge in [-0.3, -0.25) is 9.59 Å². The molecule has 12 nitrogen and oxygen atoms in total. The lowest BCUT2D eigenvalue weighted by molar-refractivity contribution is -0.118. The van der Waals surface area contributed by atoms with Gasteiger partial charge in [0.1, 0.15) is 5.60 Å². The normalized spacial score (nSPS) is 14.0. The first-order valence-corrected chi connectivity index (χ1v) is 14.2. The van der Waals surface area contributed by atoms with E-state index in [-0.39, 0.29) is 42.0 Å². The molecule has 0 bridgehead atoms. The number of amides is 2. The van der Waals surface area contributed by atoms with Crippen molar-refractivity contribution < 1.29 is 19.1 Å². The van der Waals surface area contributed by atoms with E-state index in [1.165, 1.54) is 10.8 Å². The number of nitrogen functional groups attached to an aromatic ring is 2. The van der Waals surface area contributed by atoms with Crippen LogP contribution in [0.3, 0.4) is 0 Å². The van der Waals surface area contributed by atoms with Crippen LogP contribution in [0, 0.1) is 11.8 Å². The number of ether oxygens (including phenoxy) is 1. The van der Waals surface area contributed by atoms with Gasteiger partial charge in [-0.05, 0) is 58.6 Å². The molecular formula is C31H37ClN8O4. The van der Waals surface area contributed by atoms with Gasteiger partial charge in [0.15, 0.2) is 5.95 Å². The summed E-state index contributed by atoms with van der Waals surface area (Å²) >= 11 is 0. The minimum Gasteiger partial charge on any atom is -0.443 e. The Labute approximate surface area is 261 Å². The molecule has 0 saturated heterocycles. The SMILES string of the molecule is CC(C)(C)OC(=O)n1c(-c2ccccc2NC(=O)C2CC2)cnc1N.Cl.Nc1ncc(-c2ccccc2NC(=O)C2CC2)[nH]1. The van der Waals surface area contributed by atoms with Crippen molar-refractivity contribution >= 4 is 53.6 Å². The number of rotatable bonds is 6. The van der Waals surface area contributed by atoms with Crippen LogP contribution in [0.15, 0.2) is 60.9 Å². The van der Waals surface area contributed by atoms with Crippen LogP contribution in [-0.4, -0.2) is 43.0 Å². The third kappa shape index (κ3) is 7.95. The van der Waals surface area contributed by atoms with Crippen molar-refractivity contribution in [1.29, 1.82) is 0 Å². The van der Waals surface area contributed by atoms with Crippen LogP contribution in [0.5, 0.6) is 0 Å². The van der Waals surface area contributed by atoms with Crippen molar-refractivity contribution in [3.05, 3.63) is 60.9 Å². The van der Waals surface area contributed by atoms with E-state index >= 15 is 0 Å². The fourth-order valence-electron chi connectivity index (χ4n) is 4.33. The predicted molar refractivity (Wildman–Crippen MR) is 172 cm³/mol. The van der Waals surface area contributed by atoms with Crippen LogP contribution in [0.25, 0.3) is 22.5 Å². The average molecular weight is 621 g/mol. The largest absolute Gasteiger partial charge is 0.443 e. The molecule has 6 rings (SSSR count). The first-order valence-electron chi connectivity index (χ1n) is 14.2. The highest BCUT2D eigenvalue weighted by Gasteiger charge is 2.31. The highest BCUT2D eigenvalue weighted by Crippen LogP contribution is 2.35. The number of hydrogen-bond acceptors (Lipinski definition) is 8. The number of anilines is 4. The topological polar surface area (TPSA) is 183 Å². The summed E-state index contributed by atoms with van der Waals surface area (Å²) in [6, 6.07) is 14.9. The summed E-state index contributed by atoms with van der Waals surface area (Å²) in [5.41, 5.74) is 15.0. The van der Waals surface area contributed by atoms with E-state index in [0.717, 1.165) is 42.6 Å². The third-order valence-corrected chi connectivity index (χ3v) is 6.79. The number of H-pyrrole nitrogens is 1. The molecule has 2 saturated carbocycles. The number of nitrogens with one attached hydrogen (secondary N) is 3. The molecule has 2 aromatic heterocycles. The molecule has 232 valence electrons. The number of imidazole rings is 2. The molecule has 0 unspecified atom stereocenters. The average Bonchev–Trinajstić information content (AvgIpc) is 3.89. The number of nitrogens with zero attached hydrogens (tertiary/aromatic N) is 3. The molecule has 2 fully saturated rings. The van der Waals surface area contributed by atoms with Crippen LogP contribution in [-0.2, 0) is 14.3 Å². The van der Waals surface area contributed by atoms with Gasteiger partial charge in [-0.1, -0.05) is 36.4 Å². The number of halogens is 1. The Morgan fingerprint density at radius 2 is 1.36 bits per heavy atom. The Kier molecular flexibility index (Phi) is 9.63. The number of nitrogens with two attached hydrogens (primary N) is 2. The van der Waals surface area contributed by atoms with Crippen molar-refractivity contribution in [2.24, 2.45) is 11.8 Å². The van der Waals surface area contributed by atoms with Gasteiger partial charge in [0.2, 0.25) is 17.8 Å². The van der Waals surface area contributed by atoms with Crippen LogP contribution in [0.2, 0.25) is 0 Å². The highest BCUT2D eigenvalue weighted by atomic mass is 35.5. The molecule has 2 aliphatic carbocycles. The summed E-state index contributed by atoms with van der Waals surface area (Å²) in [6.45, 7) is 5.34. The van der Waals surface area contributed by atoms with E-state index in [9.17, 15) is 14.4 Å². The Balaban J connectivity index is 0.000000206. The lowest BCUT2D eigenvalue weighted by atomic mass is 10.1. The molecule has 7 N–H and O–H groups in total. The van der Waals surface area contributed by atoms with E-state index < -0.39 is 11.7 Å². The van der Waals surface area contributed by atoms with Crippen LogP contribution >= 0.6 is 12.4 Å². The van der Waals surface area contributed by atoms with Crippen LogP contribution in [0.1, 0.15) is 46.5 Å². The number of aromatic nitrogens is 4. The molecule has 2 aliphatic rings. The molecule has 4 aromatic rings. The first-order chi connectivity index (χ1) is 20.5. The summed E-state index contributed by atoms with van der Waals surface area (Å²) in [4.78, 5) is 47.4. The number of benzene rings is 2. The Morgan fingerprint density at radius 1 is 0.841 bits per heavy atom. The zero-order valence-corrected chi connectivity index (χ0v) is 25.6. The maximum Gasteiger partial charge on any atom is 0.421 e. The van der Waals surface area contributed by atoms with Crippen molar-refractivity contribution in [3.63, 3.8) is 0 Å². The summed E-state index contributed by atoms with van der Waals surface area (Å²) < 4.78 is 6.63. The minimum atomic E-state index is -0.662. The van der Waals surface area contributed by atoms with Crippen LogP contribution in [0.4, 0.5) is 28.1 Å². The fraction of sp³-hybridized carbons (Fsp3) is 0.323.